The van der Waals surface area contributed by atoms with Gasteiger partial charge in [0.1, 0.15) is 0 Å². The molecule has 19 heavy (non-hydrogen) atoms. The number of amides is 1. The number of hydrogen-bond donors (Lipinski definition) is 2. The highest BCUT2D eigenvalue weighted by Gasteiger charge is 2.37. The van der Waals surface area contributed by atoms with Crippen molar-refractivity contribution >= 4 is 18.3 Å². The largest absolute Gasteiger partial charge is 0.385 e. The zero-order chi connectivity index (χ0) is 12.8. The van der Waals surface area contributed by atoms with E-state index < -0.39 is 0 Å². The van der Waals surface area contributed by atoms with E-state index in [9.17, 15) is 4.79 Å². The first kappa shape index (κ1) is 16.7. The summed E-state index contributed by atoms with van der Waals surface area (Å²) in [7, 11) is 1.75. The van der Waals surface area contributed by atoms with Crippen LogP contribution >= 0.6 is 12.4 Å². The highest BCUT2D eigenvalue weighted by Crippen LogP contribution is 2.43. The second-order valence-corrected chi connectivity index (χ2v) is 5.82. The maximum absolute atomic E-state index is 12.1. The van der Waals surface area contributed by atoms with Crippen molar-refractivity contribution in [3.8, 4) is 0 Å². The molecule has 0 bridgehead atoms. The van der Waals surface area contributed by atoms with Gasteiger partial charge in [0.25, 0.3) is 0 Å². The molecule has 1 amide bonds. The van der Waals surface area contributed by atoms with Gasteiger partial charge in [-0.15, -0.1) is 12.4 Å². The van der Waals surface area contributed by atoms with Gasteiger partial charge in [0, 0.05) is 20.3 Å². The maximum Gasteiger partial charge on any atom is 0.237 e. The summed E-state index contributed by atoms with van der Waals surface area (Å²) >= 11 is 0. The van der Waals surface area contributed by atoms with Crippen LogP contribution < -0.4 is 10.6 Å². The highest BCUT2D eigenvalue weighted by molar-refractivity contribution is 5.85. The summed E-state index contributed by atoms with van der Waals surface area (Å²) in [5.74, 6) is 0.193. The van der Waals surface area contributed by atoms with E-state index in [1.165, 1.54) is 32.1 Å². The summed E-state index contributed by atoms with van der Waals surface area (Å²) in [5, 5.41) is 6.44. The summed E-state index contributed by atoms with van der Waals surface area (Å²) in [6.45, 7) is 2.61. The Bertz CT molecular complexity index is 277. The van der Waals surface area contributed by atoms with Crippen LogP contribution in [-0.2, 0) is 9.53 Å². The minimum Gasteiger partial charge on any atom is -0.385 e. The molecule has 0 aromatic rings. The van der Waals surface area contributed by atoms with Gasteiger partial charge in [-0.2, -0.15) is 0 Å². The van der Waals surface area contributed by atoms with Crippen LogP contribution in [0, 0.1) is 5.41 Å². The number of nitrogens with one attached hydrogen (secondary N) is 2. The van der Waals surface area contributed by atoms with Crippen LogP contribution in [0.4, 0.5) is 0 Å². The summed E-state index contributed by atoms with van der Waals surface area (Å²) < 4.78 is 5.17. The van der Waals surface area contributed by atoms with Crippen molar-refractivity contribution in [2.75, 3.05) is 26.8 Å². The van der Waals surface area contributed by atoms with E-state index in [-0.39, 0.29) is 24.4 Å². The monoisotopic (exact) mass is 290 g/mol. The Labute approximate surface area is 122 Å². The Kier molecular flexibility index (Phi) is 7.11. The fourth-order valence-corrected chi connectivity index (χ4v) is 2.98. The molecule has 4 nitrogen and oxygen atoms in total. The fourth-order valence-electron chi connectivity index (χ4n) is 2.98. The van der Waals surface area contributed by atoms with Gasteiger partial charge in [0.2, 0.25) is 5.91 Å². The van der Waals surface area contributed by atoms with Crippen molar-refractivity contribution in [3.63, 3.8) is 0 Å². The number of carbonyl (C=O) groups is 1. The van der Waals surface area contributed by atoms with E-state index in [4.69, 9.17) is 4.74 Å². The molecule has 0 aromatic carbocycles. The maximum atomic E-state index is 12.1. The normalized spacial score (nSPS) is 25.0. The summed E-state index contributed by atoms with van der Waals surface area (Å²) in [6.07, 6.45) is 8.17. The second kappa shape index (κ2) is 8.08. The summed E-state index contributed by atoms with van der Waals surface area (Å²) in [4.78, 5) is 12.1. The van der Waals surface area contributed by atoms with Gasteiger partial charge in [0.05, 0.1) is 6.04 Å². The standard InChI is InChI=1S/C14H26N2O2.ClH/c1-18-10-8-14(6-4-7-14)11-16-13(17)12-5-2-3-9-15-12;/h12,15H,2-11H2,1H3,(H,16,17);1H. The van der Waals surface area contributed by atoms with Crippen molar-refractivity contribution in [1.29, 1.82) is 0 Å². The highest BCUT2D eigenvalue weighted by atomic mass is 35.5. The average molecular weight is 291 g/mol. The average Bonchev–Trinajstić information content (AvgIpc) is 2.38. The van der Waals surface area contributed by atoms with Gasteiger partial charge in [-0.25, -0.2) is 0 Å². The molecule has 1 atom stereocenters. The zero-order valence-electron chi connectivity index (χ0n) is 11.9. The van der Waals surface area contributed by atoms with Gasteiger partial charge in [0.15, 0.2) is 0 Å². The van der Waals surface area contributed by atoms with E-state index in [1.54, 1.807) is 7.11 Å². The number of hydrogen-bond acceptors (Lipinski definition) is 3. The summed E-state index contributed by atoms with van der Waals surface area (Å²) in [6, 6.07) is 0.0401. The minimum atomic E-state index is 0. The number of ether oxygens (including phenoxy) is 1. The third-order valence-corrected chi connectivity index (χ3v) is 4.52. The van der Waals surface area contributed by atoms with Crippen molar-refractivity contribution in [3.05, 3.63) is 0 Å². The predicted molar refractivity (Wildman–Crippen MR) is 78.7 cm³/mol. The molecule has 2 rings (SSSR count). The van der Waals surface area contributed by atoms with Crippen LogP contribution in [0.3, 0.4) is 0 Å². The van der Waals surface area contributed by atoms with Crippen molar-refractivity contribution < 1.29 is 9.53 Å². The number of rotatable bonds is 6. The van der Waals surface area contributed by atoms with E-state index in [1.807, 2.05) is 0 Å². The number of halogens is 1. The number of methoxy groups -OCH3 is 1. The van der Waals surface area contributed by atoms with E-state index >= 15 is 0 Å². The minimum absolute atomic E-state index is 0. The molecule has 1 unspecified atom stereocenters. The Morgan fingerprint density at radius 2 is 2.16 bits per heavy atom. The van der Waals surface area contributed by atoms with Crippen LogP contribution in [-0.4, -0.2) is 38.8 Å². The quantitative estimate of drug-likeness (QED) is 0.785. The molecular formula is C14H27ClN2O2. The van der Waals surface area contributed by atoms with Crippen LogP contribution in [0.25, 0.3) is 0 Å². The fraction of sp³-hybridized carbons (Fsp3) is 0.929. The lowest BCUT2D eigenvalue weighted by atomic mass is 9.66. The van der Waals surface area contributed by atoms with Gasteiger partial charge in [-0.3, -0.25) is 4.79 Å². The molecule has 5 heteroatoms. The molecule has 2 N–H and O–H groups in total. The van der Waals surface area contributed by atoms with Crippen LogP contribution in [0.5, 0.6) is 0 Å². The molecular weight excluding hydrogens is 264 g/mol. The molecule has 112 valence electrons. The lowest BCUT2D eigenvalue weighted by molar-refractivity contribution is -0.124. The van der Waals surface area contributed by atoms with Crippen LogP contribution in [0.2, 0.25) is 0 Å². The topological polar surface area (TPSA) is 50.4 Å². The molecule has 2 fully saturated rings. The first-order valence-corrected chi connectivity index (χ1v) is 7.26. The van der Waals surface area contributed by atoms with Crippen molar-refractivity contribution in [2.24, 2.45) is 5.41 Å². The SMILES string of the molecule is COCCC1(CNC(=O)C2CCCCN2)CCC1.Cl. The van der Waals surface area contributed by atoms with Gasteiger partial charge >= 0.3 is 0 Å². The molecule has 1 aliphatic heterocycles. The number of piperidine rings is 1. The van der Waals surface area contributed by atoms with E-state index in [2.05, 4.69) is 10.6 Å². The van der Waals surface area contributed by atoms with Gasteiger partial charge < -0.3 is 15.4 Å². The van der Waals surface area contributed by atoms with E-state index in [0.29, 0.717) is 5.41 Å². The van der Waals surface area contributed by atoms with Crippen molar-refractivity contribution in [2.45, 2.75) is 51.0 Å². The van der Waals surface area contributed by atoms with Gasteiger partial charge in [-0.05, 0) is 44.1 Å². The molecule has 1 saturated carbocycles. The smallest absolute Gasteiger partial charge is 0.237 e. The van der Waals surface area contributed by atoms with E-state index in [0.717, 1.165) is 32.5 Å². The summed E-state index contributed by atoms with van der Waals surface area (Å²) in [5.41, 5.74) is 0.320. The Morgan fingerprint density at radius 3 is 2.68 bits per heavy atom. The Morgan fingerprint density at radius 1 is 1.37 bits per heavy atom. The molecule has 0 aromatic heterocycles. The number of carbonyl (C=O) groups excluding carboxylic acids is 1. The van der Waals surface area contributed by atoms with Gasteiger partial charge in [-0.1, -0.05) is 12.8 Å². The lowest BCUT2D eigenvalue weighted by Gasteiger charge is -2.42. The zero-order valence-corrected chi connectivity index (χ0v) is 12.7. The van der Waals surface area contributed by atoms with Crippen LogP contribution in [0.1, 0.15) is 44.9 Å². The molecule has 0 spiro atoms. The first-order chi connectivity index (χ1) is 8.76. The third kappa shape index (κ3) is 4.62. The Hall–Kier alpha value is -0.320. The second-order valence-electron chi connectivity index (χ2n) is 5.82. The first-order valence-electron chi connectivity index (χ1n) is 7.26. The molecule has 0 radical (unpaired) electrons. The molecule has 1 saturated heterocycles. The Balaban J connectivity index is 0.00000180. The third-order valence-electron chi connectivity index (χ3n) is 4.52. The van der Waals surface area contributed by atoms with Crippen molar-refractivity contribution in [1.82, 2.24) is 10.6 Å². The van der Waals surface area contributed by atoms with Crippen LogP contribution in [0.15, 0.2) is 0 Å². The predicted octanol–water partition coefficient (Wildman–Crippen LogP) is 1.87. The lowest BCUT2D eigenvalue weighted by Crippen LogP contribution is -2.50. The molecule has 1 heterocycles. The molecule has 2 aliphatic rings. The molecule has 1 aliphatic carbocycles.